The average Bonchev–Trinajstić information content (AvgIpc) is 3.60. The second kappa shape index (κ2) is 16.1. The summed E-state index contributed by atoms with van der Waals surface area (Å²) in [5.41, 5.74) is 10.7. The average molecular weight is 824 g/mol. The number of carbonyl (C=O) groups is 1. The quantitative estimate of drug-likeness (QED) is 0.0770. The van der Waals surface area contributed by atoms with Crippen molar-refractivity contribution >= 4 is 61.4 Å². The van der Waals surface area contributed by atoms with Gasteiger partial charge in [0.15, 0.2) is 22.5 Å². The van der Waals surface area contributed by atoms with Crippen LogP contribution in [0.3, 0.4) is 0 Å². The maximum absolute atomic E-state index is 12.9. The minimum Gasteiger partial charge on any atom is -0.476 e. The summed E-state index contributed by atoms with van der Waals surface area (Å²) >= 11 is 1.56. The Morgan fingerprint density at radius 1 is 1.02 bits per heavy atom. The molecular formula is C44H57N9O5S. The lowest BCUT2D eigenvalue weighted by molar-refractivity contribution is -0.242. The van der Waals surface area contributed by atoms with E-state index in [4.69, 9.17) is 25.4 Å². The number of hydrogen-bond donors (Lipinski definition) is 5. The summed E-state index contributed by atoms with van der Waals surface area (Å²) in [7, 11) is 0. The van der Waals surface area contributed by atoms with Gasteiger partial charge in [-0.15, -0.1) is 10.2 Å². The van der Waals surface area contributed by atoms with Gasteiger partial charge in [0.05, 0.1) is 35.6 Å². The summed E-state index contributed by atoms with van der Waals surface area (Å²) in [6.07, 6.45) is 9.34. The number of ether oxygens (including phenoxy) is 1. The molecule has 5 aliphatic rings. The van der Waals surface area contributed by atoms with Gasteiger partial charge in [-0.2, -0.15) is 0 Å². The zero-order valence-corrected chi connectivity index (χ0v) is 35.4. The Kier molecular flexibility index (Phi) is 11.3. The van der Waals surface area contributed by atoms with E-state index < -0.39 is 5.97 Å². The molecule has 15 heteroatoms. The number of nitrogens with two attached hydrogens (primary N) is 1. The highest BCUT2D eigenvalue weighted by molar-refractivity contribution is 7.22. The second-order valence-corrected chi connectivity index (χ2v) is 19.2. The number of hydrogen-bond acceptors (Lipinski definition) is 14. The summed E-state index contributed by atoms with van der Waals surface area (Å²) in [4.78, 5) is 31.5. The fourth-order valence-electron chi connectivity index (χ4n) is 11.9. The molecule has 6 N–H and O–H groups in total. The molecule has 314 valence electrons. The van der Waals surface area contributed by atoms with Crippen molar-refractivity contribution in [1.82, 2.24) is 25.1 Å². The van der Waals surface area contributed by atoms with Crippen LogP contribution < -0.4 is 16.0 Å². The van der Waals surface area contributed by atoms with Crippen LogP contribution in [-0.4, -0.2) is 110 Å². The van der Waals surface area contributed by atoms with Gasteiger partial charge in [0.2, 0.25) is 0 Å². The number of aromatic nitrogens is 4. The summed E-state index contributed by atoms with van der Waals surface area (Å²) in [6, 6.07) is 11.6. The number of allylic oxidation sites excluding steroid dienone is 1. The highest BCUT2D eigenvalue weighted by atomic mass is 32.1. The topological polar surface area (TPSA) is 195 Å². The number of rotatable bonds is 16. The number of aliphatic imine (C=N–C) groups is 1. The van der Waals surface area contributed by atoms with Crippen molar-refractivity contribution in [3.63, 3.8) is 0 Å². The molecular weight excluding hydrogens is 767 g/mol. The van der Waals surface area contributed by atoms with Crippen LogP contribution >= 0.6 is 11.3 Å². The van der Waals surface area contributed by atoms with Gasteiger partial charge in [0.25, 0.3) is 0 Å². The Hall–Kier alpha value is -4.54. The number of thiazole rings is 1. The van der Waals surface area contributed by atoms with Gasteiger partial charge in [-0.05, 0) is 106 Å². The predicted octanol–water partition coefficient (Wildman–Crippen LogP) is 6.50. The number of aromatic carboxylic acids is 1. The molecule has 2 unspecified atom stereocenters. The van der Waals surface area contributed by atoms with E-state index in [-0.39, 0.29) is 40.8 Å². The maximum atomic E-state index is 12.9. The van der Waals surface area contributed by atoms with Crippen LogP contribution in [-0.2, 0) is 11.2 Å². The molecule has 4 heterocycles. The van der Waals surface area contributed by atoms with Crippen LogP contribution in [0.5, 0.6) is 0 Å². The first-order valence-corrected chi connectivity index (χ1v) is 21.6. The van der Waals surface area contributed by atoms with E-state index in [1.54, 1.807) is 17.4 Å². The zero-order valence-electron chi connectivity index (χ0n) is 34.6. The SMILES string of the molecule is CC(=NCC12CC3(C)CC(C)(C1)CC(OCCN(CCO)CCO)(C3)C2)C(=CN)c1ccc(N2CCCc3c2nnc(Nc2nc4ccccc4s2)c3C)nc1C(=O)O. The molecule has 0 spiro atoms. The molecule has 0 saturated heterocycles. The van der Waals surface area contributed by atoms with Crippen LogP contribution in [0.1, 0.15) is 92.9 Å². The zero-order chi connectivity index (χ0) is 41.6. The molecule has 1 aliphatic heterocycles. The van der Waals surface area contributed by atoms with Crippen molar-refractivity contribution in [2.24, 2.45) is 27.0 Å². The second-order valence-electron chi connectivity index (χ2n) is 18.2. The van der Waals surface area contributed by atoms with E-state index in [1.807, 2.05) is 54.0 Å². The fraction of sp³-hybridized carbons (Fsp3) is 0.545. The Balaban J connectivity index is 1.01. The van der Waals surface area contributed by atoms with Gasteiger partial charge < -0.3 is 36.0 Å². The van der Waals surface area contributed by atoms with E-state index in [0.717, 1.165) is 71.4 Å². The number of fused-ring (bicyclic) bond motifs is 2. The fourth-order valence-corrected chi connectivity index (χ4v) is 12.7. The third-order valence-corrected chi connectivity index (χ3v) is 14.0. The smallest absolute Gasteiger partial charge is 0.355 e. The van der Waals surface area contributed by atoms with Crippen LogP contribution in [0, 0.1) is 23.2 Å². The normalized spacial score (nSPS) is 26.5. The van der Waals surface area contributed by atoms with Gasteiger partial charge >= 0.3 is 5.97 Å². The van der Waals surface area contributed by atoms with E-state index >= 15 is 0 Å². The number of aliphatic hydroxyl groups excluding tert-OH is 2. The molecule has 0 amide bonds. The largest absolute Gasteiger partial charge is 0.476 e. The van der Waals surface area contributed by atoms with Crippen LogP contribution in [0.2, 0.25) is 0 Å². The number of para-hydroxylation sites is 1. The predicted molar refractivity (Wildman–Crippen MR) is 232 cm³/mol. The standard InChI is InChI=1S/C44H57N9O5S/c1-28-30-8-7-13-53(38(30)51-50-37(28)49-40-47-33-9-5-6-10-34(33)59-40)35-12-11-31(36(48-35)39(56)57)32(20-45)29(2)46-27-43-22-41(3)21-42(4,23-43)25-44(24-41,26-43)58-19-16-52(14-17-54)15-18-55/h5-6,9-12,20,54-55H,7-8,13-19,21-27,45H2,1-4H3,(H,56,57)(H,47,49,50). The third kappa shape index (κ3) is 8.19. The number of nitrogens with zero attached hydrogens (tertiary/aromatic N) is 7. The lowest BCUT2D eigenvalue weighted by Gasteiger charge is -2.69. The molecule has 4 bridgehead atoms. The number of benzene rings is 1. The van der Waals surface area contributed by atoms with Crippen molar-refractivity contribution in [2.75, 3.05) is 62.8 Å². The van der Waals surface area contributed by atoms with Gasteiger partial charge in [0.1, 0.15) is 5.82 Å². The first kappa shape index (κ1) is 41.2. The molecule has 3 aromatic heterocycles. The van der Waals surface area contributed by atoms with Crippen molar-refractivity contribution in [3.8, 4) is 0 Å². The molecule has 9 rings (SSSR count). The van der Waals surface area contributed by atoms with E-state index in [0.29, 0.717) is 73.6 Å². The Labute approximate surface area is 349 Å². The monoisotopic (exact) mass is 823 g/mol. The lowest BCUT2D eigenvalue weighted by Crippen LogP contribution is -2.64. The van der Waals surface area contributed by atoms with E-state index in [9.17, 15) is 20.1 Å². The molecule has 4 aromatic rings. The van der Waals surface area contributed by atoms with Crippen molar-refractivity contribution in [1.29, 1.82) is 0 Å². The lowest BCUT2D eigenvalue weighted by atomic mass is 9.39. The molecule has 2 atom stereocenters. The van der Waals surface area contributed by atoms with E-state index in [1.165, 1.54) is 12.6 Å². The number of pyridine rings is 1. The Bertz CT molecular complexity index is 2240. The summed E-state index contributed by atoms with van der Waals surface area (Å²) < 4.78 is 7.95. The first-order valence-electron chi connectivity index (χ1n) is 20.8. The highest BCUT2D eigenvalue weighted by Gasteiger charge is 2.66. The summed E-state index contributed by atoms with van der Waals surface area (Å²) in [6.45, 7) is 12.3. The van der Waals surface area contributed by atoms with Gasteiger partial charge in [-0.25, -0.2) is 14.8 Å². The first-order chi connectivity index (χ1) is 28.3. The minimum atomic E-state index is -1.15. The van der Waals surface area contributed by atoms with Crippen molar-refractivity contribution in [2.45, 2.75) is 84.7 Å². The van der Waals surface area contributed by atoms with Crippen molar-refractivity contribution < 1.29 is 24.9 Å². The molecule has 4 saturated carbocycles. The maximum Gasteiger partial charge on any atom is 0.355 e. The molecule has 4 fully saturated rings. The van der Waals surface area contributed by atoms with Crippen LogP contribution in [0.25, 0.3) is 15.8 Å². The molecule has 4 aliphatic carbocycles. The number of anilines is 4. The molecule has 0 radical (unpaired) electrons. The summed E-state index contributed by atoms with van der Waals surface area (Å²) in [5, 5.41) is 42.9. The Morgan fingerprint density at radius 3 is 2.46 bits per heavy atom. The molecule has 1 aromatic carbocycles. The van der Waals surface area contributed by atoms with Gasteiger partial charge in [-0.3, -0.25) is 9.89 Å². The van der Waals surface area contributed by atoms with E-state index in [2.05, 4.69) is 29.4 Å². The Morgan fingerprint density at radius 2 is 1.76 bits per heavy atom. The van der Waals surface area contributed by atoms with Gasteiger partial charge in [0, 0.05) is 66.9 Å². The number of carboxylic acids is 1. The molecule has 14 nitrogen and oxygen atoms in total. The highest BCUT2D eigenvalue weighted by Crippen LogP contribution is 2.71. The molecule has 59 heavy (non-hydrogen) atoms. The summed E-state index contributed by atoms with van der Waals surface area (Å²) in [5.74, 6) is 0.641. The number of nitrogens with one attached hydrogen (secondary N) is 1. The van der Waals surface area contributed by atoms with Crippen LogP contribution in [0.15, 0.2) is 47.6 Å². The van der Waals surface area contributed by atoms with Gasteiger partial charge in [-0.1, -0.05) is 37.3 Å². The van der Waals surface area contributed by atoms with Crippen molar-refractivity contribution in [3.05, 3.63) is 65.0 Å². The third-order valence-electron chi connectivity index (χ3n) is 13.1. The van der Waals surface area contributed by atoms with Crippen LogP contribution in [0.4, 0.5) is 22.6 Å². The number of aliphatic hydroxyl groups is 2. The minimum absolute atomic E-state index is 0.0451. The number of carboxylic acid groups (broad SMARTS) is 1.